The van der Waals surface area contributed by atoms with Gasteiger partial charge in [0.05, 0.1) is 24.4 Å². The molecule has 34 heavy (non-hydrogen) atoms. The van der Waals surface area contributed by atoms with Crippen LogP contribution < -0.4 is 0 Å². The number of ether oxygens (including phenoxy) is 1. The zero-order valence-corrected chi connectivity index (χ0v) is 21.9. The van der Waals surface area contributed by atoms with Gasteiger partial charge < -0.3 is 14.9 Å². The summed E-state index contributed by atoms with van der Waals surface area (Å²) in [5.41, 5.74) is 2.69. The first-order valence-corrected chi connectivity index (χ1v) is 14.6. The van der Waals surface area contributed by atoms with Crippen LogP contribution in [0.1, 0.15) is 85.5 Å². The van der Waals surface area contributed by atoms with E-state index in [1.807, 2.05) is 0 Å². The van der Waals surface area contributed by atoms with E-state index in [9.17, 15) is 10.2 Å². The van der Waals surface area contributed by atoms with Crippen molar-refractivity contribution in [3.63, 3.8) is 0 Å². The van der Waals surface area contributed by atoms with Gasteiger partial charge in [0.2, 0.25) is 0 Å². The van der Waals surface area contributed by atoms with E-state index in [0.717, 1.165) is 43.7 Å². The Bertz CT molecular complexity index is 903. The van der Waals surface area contributed by atoms with Gasteiger partial charge in [-0.15, -0.1) is 0 Å². The van der Waals surface area contributed by atoms with Crippen LogP contribution in [0.5, 0.6) is 0 Å². The topological polar surface area (TPSA) is 52.9 Å². The average molecular weight is 470 g/mol. The number of fused-ring (bicyclic) bond motifs is 6. The predicted molar refractivity (Wildman–Crippen MR) is 133 cm³/mol. The maximum atomic E-state index is 10.4. The number of likely N-dealkylation sites (tertiary alicyclic amines) is 1. The number of aliphatic hydroxyl groups excluding tert-OH is 2. The van der Waals surface area contributed by atoms with E-state index in [1.165, 1.54) is 44.9 Å². The molecule has 0 bridgehead atoms. The van der Waals surface area contributed by atoms with Crippen molar-refractivity contribution in [1.82, 2.24) is 4.90 Å². The number of β-amino-alcohol motifs (C(OH)–C–C–N with tert-alkyl or cyclic N) is 1. The third kappa shape index (κ3) is 2.55. The molecule has 2 saturated heterocycles. The van der Waals surface area contributed by atoms with Gasteiger partial charge in [0, 0.05) is 30.5 Å². The van der Waals surface area contributed by atoms with Gasteiger partial charge in [-0.25, -0.2) is 0 Å². The van der Waals surface area contributed by atoms with E-state index in [4.69, 9.17) is 4.74 Å². The van der Waals surface area contributed by atoms with E-state index in [-0.39, 0.29) is 18.3 Å². The lowest BCUT2D eigenvalue weighted by Crippen LogP contribution is -2.54. The molecule has 0 aromatic heterocycles. The zero-order valence-electron chi connectivity index (χ0n) is 21.9. The van der Waals surface area contributed by atoms with Crippen LogP contribution in [0.4, 0.5) is 0 Å². The largest absolute Gasteiger partial charge is 0.395 e. The van der Waals surface area contributed by atoms with Crippen LogP contribution in [0.2, 0.25) is 0 Å². The second kappa shape index (κ2) is 7.11. The van der Waals surface area contributed by atoms with Crippen molar-refractivity contribution in [2.45, 2.75) is 109 Å². The average Bonchev–Trinajstić information content (AvgIpc) is 3.13. The Morgan fingerprint density at radius 1 is 1.15 bits per heavy atom. The van der Waals surface area contributed by atoms with Crippen LogP contribution in [0, 0.1) is 45.8 Å². The van der Waals surface area contributed by atoms with Crippen LogP contribution in [0.15, 0.2) is 11.6 Å². The minimum atomic E-state index is -0.118. The number of aliphatic hydroxyl groups is 2. The molecule has 4 saturated carbocycles. The number of allylic oxidation sites excluding steroid dienone is 1. The zero-order chi connectivity index (χ0) is 23.7. The van der Waals surface area contributed by atoms with Crippen LogP contribution in [-0.4, -0.2) is 58.7 Å². The molecule has 7 rings (SSSR count). The first-order chi connectivity index (χ1) is 16.2. The van der Waals surface area contributed by atoms with Gasteiger partial charge in [-0.1, -0.05) is 39.3 Å². The van der Waals surface area contributed by atoms with E-state index < -0.39 is 0 Å². The minimum Gasteiger partial charge on any atom is -0.395 e. The minimum absolute atomic E-state index is 0.0179. The van der Waals surface area contributed by atoms with Crippen LogP contribution in [0.3, 0.4) is 0 Å². The van der Waals surface area contributed by atoms with Gasteiger partial charge in [-0.3, -0.25) is 4.90 Å². The standard InChI is InChI=1S/C30H47NO3/c1-18-13-25-26(31(16-18)11-12-32)19(2)30(34-25)10-8-23-22-6-5-20-14-21(33)7-9-27(20,3)24(22)15-29(23)17-28(29,30)4/h5,18-19,21-26,32-33H,6-17H2,1-4H3/t18-,19+,21-,22-,23-,24-,25+,26-,27-,28?,29?,30?/m0/s1. The second-order valence-electron chi connectivity index (χ2n) is 14.4. The molecule has 2 spiro atoms. The van der Waals surface area contributed by atoms with E-state index in [2.05, 4.69) is 38.7 Å². The Labute approximate surface area is 206 Å². The molecule has 190 valence electrons. The van der Waals surface area contributed by atoms with Gasteiger partial charge in [-0.05, 0) is 92.3 Å². The third-order valence-electron chi connectivity index (χ3n) is 13.4. The van der Waals surface area contributed by atoms with Crippen molar-refractivity contribution in [3.8, 4) is 0 Å². The summed E-state index contributed by atoms with van der Waals surface area (Å²) in [5, 5.41) is 20.2. The first kappa shape index (κ1) is 22.8. The molecule has 5 aliphatic carbocycles. The molecule has 2 aliphatic heterocycles. The molecule has 7 aliphatic rings. The molecule has 2 heterocycles. The SMILES string of the molecule is C[C@H]1C[C@H]2OC3(CC[C@H]4[C@@H]5CC=C6C[C@@H](O)CC[C@]6(C)[C@H]5CC45CC53C)[C@H](C)[C@@H]2N(CCO)C1. The molecule has 4 heteroatoms. The molecule has 12 atom stereocenters. The first-order valence-electron chi connectivity index (χ1n) is 14.6. The van der Waals surface area contributed by atoms with Gasteiger partial charge in [0.1, 0.15) is 0 Å². The van der Waals surface area contributed by atoms with Crippen LogP contribution in [-0.2, 0) is 4.74 Å². The van der Waals surface area contributed by atoms with E-state index in [0.29, 0.717) is 40.2 Å². The molecular formula is C30H47NO3. The molecule has 0 radical (unpaired) electrons. The van der Waals surface area contributed by atoms with Crippen LogP contribution in [0.25, 0.3) is 0 Å². The maximum Gasteiger partial charge on any atom is 0.0787 e. The summed E-state index contributed by atoms with van der Waals surface area (Å²) in [6.07, 6.45) is 13.7. The summed E-state index contributed by atoms with van der Waals surface area (Å²) in [6, 6.07) is 0.476. The molecular weight excluding hydrogens is 422 g/mol. The summed E-state index contributed by atoms with van der Waals surface area (Å²) < 4.78 is 7.34. The third-order valence-corrected chi connectivity index (χ3v) is 13.4. The van der Waals surface area contributed by atoms with Crippen molar-refractivity contribution < 1.29 is 14.9 Å². The summed E-state index contributed by atoms with van der Waals surface area (Å²) in [5.74, 6) is 3.69. The fourth-order valence-electron chi connectivity index (χ4n) is 11.8. The monoisotopic (exact) mass is 469 g/mol. The van der Waals surface area contributed by atoms with Crippen molar-refractivity contribution in [1.29, 1.82) is 0 Å². The van der Waals surface area contributed by atoms with Crippen LogP contribution >= 0.6 is 0 Å². The van der Waals surface area contributed by atoms with Crippen molar-refractivity contribution in [2.75, 3.05) is 19.7 Å². The Morgan fingerprint density at radius 2 is 1.97 bits per heavy atom. The summed E-state index contributed by atoms with van der Waals surface area (Å²) in [4.78, 5) is 2.59. The lowest BCUT2D eigenvalue weighted by atomic mass is 9.56. The Hall–Kier alpha value is -0.420. The highest BCUT2D eigenvalue weighted by molar-refractivity contribution is 5.36. The highest BCUT2D eigenvalue weighted by atomic mass is 16.5. The highest BCUT2D eigenvalue weighted by Gasteiger charge is 2.84. The van der Waals surface area contributed by atoms with E-state index in [1.54, 1.807) is 5.57 Å². The predicted octanol–water partition coefficient (Wildman–Crippen LogP) is 4.79. The highest BCUT2D eigenvalue weighted by Crippen LogP contribution is 2.87. The summed E-state index contributed by atoms with van der Waals surface area (Å²) >= 11 is 0. The lowest BCUT2D eigenvalue weighted by Gasteiger charge is -2.50. The summed E-state index contributed by atoms with van der Waals surface area (Å²) in [6.45, 7) is 12.2. The Morgan fingerprint density at radius 3 is 2.76 bits per heavy atom. The molecule has 3 unspecified atom stereocenters. The molecule has 0 aromatic rings. The molecule has 0 aromatic carbocycles. The smallest absolute Gasteiger partial charge is 0.0787 e. The number of nitrogens with zero attached hydrogens (tertiary/aromatic N) is 1. The lowest BCUT2D eigenvalue weighted by molar-refractivity contribution is -0.148. The van der Waals surface area contributed by atoms with E-state index >= 15 is 0 Å². The van der Waals surface area contributed by atoms with Gasteiger partial charge >= 0.3 is 0 Å². The van der Waals surface area contributed by atoms with Crippen molar-refractivity contribution >= 4 is 0 Å². The normalized spacial score (nSPS) is 60.1. The fourth-order valence-corrected chi connectivity index (χ4v) is 11.8. The number of hydrogen-bond acceptors (Lipinski definition) is 4. The van der Waals surface area contributed by atoms with Gasteiger partial charge in [-0.2, -0.15) is 0 Å². The number of rotatable bonds is 2. The fraction of sp³-hybridized carbons (Fsp3) is 0.933. The van der Waals surface area contributed by atoms with Gasteiger partial charge in [0.25, 0.3) is 0 Å². The molecule has 6 fully saturated rings. The number of hydrogen-bond donors (Lipinski definition) is 2. The quantitative estimate of drug-likeness (QED) is 0.571. The van der Waals surface area contributed by atoms with Gasteiger partial charge in [0.15, 0.2) is 0 Å². The molecule has 2 N–H and O–H groups in total. The molecule has 0 amide bonds. The van der Waals surface area contributed by atoms with Crippen molar-refractivity contribution in [3.05, 3.63) is 11.6 Å². The second-order valence-corrected chi connectivity index (χ2v) is 14.4. The number of piperidine rings is 1. The summed E-state index contributed by atoms with van der Waals surface area (Å²) in [7, 11) is 0. The molecule has 4 nitrogen and oxygen atoms in total. The maximum absolute atomic E-state index is 10.4. The van der Waals surface area contributed by atoms with Crippen molar-refractivity contribution in [2.24, 2.45) is 45.8 Å². The Balaban J connectivity index is 1.21. The Kier molecular flexibility index (Phi) is 4.76.